The maximum absolute atomic E-state index is 14.5. The maximum atomic E-state index is 14.5. The van der Waals surface area contributed by atoms with Crippen LogP contribution in [-0.2, 0) is 17.0 Å². The highest BCUT2D eigenvalue weighted by Gasteiger charge is 2.18. The minimum Gasteiger partial charge on any atom is -0.462 e. The van der Waals surface area contributed by atoms with Crippen molar-refractivity contribution >= 4 is 28.8 Å². The van der Waals surface area contributed by atoms with Crippen molar-refractivity contribution in [2.75, 3.05) is 6.61 Å². The van der Waals surface area contributed by atoms with Crippen LogP contribution < -0.4 is 0 Å². The third-order valence-electron chi connectivity index (χ3n) is 5.00. The van der Waals surface area contributed by atoms with Crippen molar-refractivity contribution in [2.45, 2.75) is 31.3 Å². The monoisotopic (exact) mass is 453 g/mol. The van der Waals surface area contributed by atoms with Gasteiger partial charge in [-0.25, -0.2) is 18.6 Å². The molecule has 32 heavy (non-hydrogen) atoms. The lowest BCUT2D eigenvalue weighted by Crippen LogP contribution is -2.05. The number of hydrogen-bond acceptors (Lipinski definition) is 5. The van der Waals surface area contributed by atoms with Crippen LogP contribution in [0.15, 0.2) is 59.9 Å². The van der Waals surface area contributed by atoms with Crippen LogP contribution in [0, 0.1) is 18.6 Å². The summed E-state index contributed by atoms with van der Waals surface area (Å²) in [5.74, 6) is -1.48. The summed E-state index contributed by atoms with van der Waals surface area (Å²) in [6.45, 7) is 4.06. The van der Waals surface area contributed by atoms with E-state index in [0.29, 0.717) is 28.3 Å². The molecule has 0 fully saturated rings. The highest BCUT2D eigenvalue weighted by Crippen LogP contribution is 2.30. The number of hydrogen-bond donors (Lipinski definition) is 0. The largest absolute Gasteiger partial charge is 0.462 e. The van der Waals surface area contributed by atoms with Crippen LogP contribution in [0.3, 0.4) is 0 Å². The fraction of sp³-hybridized carbons (Fsp3) is 0.208. The number of benzene rings is 2. The van der Waals surface area contributed by atoms with E-state index in [9.17, 15) is 13.6 Å². The lowest BCUT2D eigenvalue weighted by molar-refractivity contribution is 0.0526. The van der Waals surface area contributed by atoms with Crippen molar-refractivity contribution in [1.82, 2.24) is 14.5 Å². The molecule has 0 bridgehead atoms. The first-order valence-electron chi connectivity index (χ1n) is 10.1. The van der Waals surface area contributed by atoms with Crippen molar-refractivity contribution in [2.24, 2.45) is 0 Å². The van der Waals surface area contributed by atoms with Crippen LogP contribution in [0.4, 0.5) is 8.78 Å². The van der Waals surface area contributed by atoms with Gasteiger partial charge in [0.1, 0.15) is 11.6 Å². The molecule has 2 aromatic carbocycles. The summed E-state index contributed by atoms with van der Waals surface area (Å²) in [6.07, 6.45) is 1.71. The van der Waals surface area contributed by atoms with Gasteiger partial charge >= 0.3 is 5.97 Å². The zero-order valence-corrected chi connectivity index (χ0v) is 18.5. The number of aromatic nitrogens is 3. The molecule has 0 N–H and O–H groups in total. The smallest absolute Gasteiger partial charge is 0.338 e. The Labute approximate surface area is 188 Å². The number of fused-ring (bicyclic) bond motifs is 1. The SMILES string of the molecule is CCOC(=O)c1ccc2c(c1)nc(SCc1c(F)ccc(C)c1F)n2Cc1ccccn1. The standard InChI is InChI=1S/C24H21F2N3O2S/c1-3-31-23(30)16-8-10-21-20(12-16)28-24(29(21)13-17-6-4-5-11-27-17)32-14-18-19(25)9-7-15(2)22(18)26/h4-12H,3,13-14H2,1-2H3. The average molecular weight is 454 g/mol. The number of aryl methyl sites for hydroxylation is 1. The molecule has 0 spiro atoms. The molecule has 0 amide bonds. The van der Waals surface area contributed by atoms with Crippen molar-refractivity contribution in [3.05, 3.63) is 88.7 Å². The maximum Gasteiger partial charge on any atom is 0.338 e. The van der Waals surface area contributed by atoms with E-state index in [0.717, 1.165) is 11.2 Å². The molecule has 0 aliphatic heterocycles. The molecule has 0 radical (unpaired) electrons. The Morgan fingerprint density at radius 1 is 1.16 bits per heavy atom. The number of carbonyl (C=O) groups is 1. The van der Waals surface area contributed by atoms with Gasteiger partial charge in [0.15, 0.2) is 5.16 Å². The van der Waals surface area contributed by atoms with E-state index in [1.165, 1.54) is 23.9 Å². The number of halogens is 2. The molecule has 5 nitrogen and oxygen atoms in total. The van der Waals surface area contributed by atoms with Crippen LogP contribution >= 0.6 is 11.8 Å². The number of carbonyl (C=O) groups excluding carboxylic acids is 1. The highest BCUT2D eigenvalue weighted by molar-refractivity contribution is 7.98. The number of nitrogens with zero attached hydrogens (tertiary/aromatic N) is 3. The van der Waals surface area contributed by atoms with E-state index in [4.69, 9.17) is 4.74 Å². The summed E-state index contributed by atoms with van der Waals surface area (Å²) in [5, 5.41) is 0.576. The van der Waals surface area contributed by atoms with Gasteiger partial charge < -0.3 is 9.30 Å². The first-order chi connectivity index (χ1) is 15.5. The van der Waals surface area contributed by atoms with E-state index in [1.54, 1.807) is 38.2 Å². The van der Waals surface area contributed by atoms with E-state index in [1.807, 2.05) is 22.8 Å². The molecular formula is C24H21F2N3O2S. The zero-order valence-electron chi connectivity index (χ0n) is 17.6. The van der Waals surface area contributed by atoms with Gasteiger partial charge in [-0.2, -0.15) is 0 Å². The molecule has 0 atom stereocenters. The Balaban J connectivity index is 1.73. The van der Waals surface area contributed by atoms with Crippen LogP contribution in [0.5, 0.6) is 0 Å². The van der Waals surface area contributed by atoms with Gasteiger partial charge in [-0.1, -0.05) is 23.9 Å². The van der Waals surface area contributed by atoms with Gasteiger partial charge in [0.25, 0.3) is 0 Å². The quantitative estimate of drug-likeness (QED) is 0.272. The summed E-state index contributed by atoms with van der Waals surface area (Å²) >= 11 is 1.23. The molecule has 164 valence electrons. The number of rotatable bonds is 7. The molecule has 8 heteroatoms. The zero-order chi connectivity index (χ0) is 22.7. The molecule has 0 unspecified atom stereocenters. The second-order valence-electron chi connectivity index (χ2n) is 7.17. The van der Waals surface area contributed by atoms with E-state index in [2.05, 4.69) is 9.97 Å². The summed E-state index contributed by atoms with van der Waals surface area (Å²) in [4.78, 5) is 21.2. The topological polar surface area (TPSA) is 57.0 Å². The number of thioether (sulfide) groups is 1. The molecule has 2 aromatic heterocycles. The summed E-state index contributed by atoms with van der Waals surface area (Å²) in [6, 6.07) is 13.5. The van der Waals surface area contributed by atoms with Crippen LogP contribution in [0.2, 0.25) is 0 Å². The summed E-state index contributed by atoms with van der Waals surface area (Å²) in [7, 11) is 0. The molecule has 4 aromatic rings. The Kier molecular flexibility index (Phi) is 6.50. The first-order valence-corrected chi connectivity index (χ1v) is 11.1. The molecule has 0 aliphatic carbocycles. The number of pyridine rings is 1. The lowest BCUT2D eigenvalue weighted by Gasteiger charge is -2.10. The third kappa shape index (κ3) is 4.50. The minimum absolute atomic E-state index is 0.0126. The van der Waals surface area contributed by atoms with Gasteiger partial charge in [-0.15, -0.1) is 0 Å². The number of ether oxygens (including phenoxy) is 1. The third-order valence-corrected chi connectivity index (χ3v) is 6.00. The summed E-state index contributed by atoms with van der Waals surface area (Å²) < 4.78 is 35.8. The fourth-order valence-electron chi connectivity index (χ4n) is 3.35. The molecule has 0 aliphatic rings. The van der Waals surface area contributed by atoms with Gasteiger partial charge in [0.05, 0.1) is 35.4 Å². The second kappa shape index (κ2) is 9.48. The molecule has 2 heterocycles. The average Bonchev–Trinajstić information content (AvgIpc) is 3.13. The van der Waals surface area contributed by atoms with Gasteiger partial charge in [-0.3, -0.25) is 4.98 Å². The van der Waals surface area contributed by atoms with Gasteiger partial charge in [0, 0.05) is 17.5 Å². The van der Waals surface area contributed by atoms with Gasteiger partial charge in [-0.05, 0) is 55.8 Å². The van der Waals surface area contributed by atoms with Crippen LogP contribution in [0.1, 0.15) is 34.1 Å². The van der Waals surface area contributed by atoms with E-state index >= 15 is 0 Å². The van der Waals surface area contributed by atoms with Gasteiger partial charge in [0.2, 0.25) is 0 Å². The first kappa shape index (κ1) is 22.0. The normalized spacial score (nSPS) is 11.1. The fourth-order valence-corrected chi connectivity index (χ4v) is 4.37. The number of imidazole rings is 1. The highest BCUT2D eigenvalue weighted by atomic mass is 32.2. The second-order valence-corrected chi connectivity index (χ2v) is 8.11. The lowest BCUT2D eigenvalue weighted by atomic mass is 10.1. The molecular weight excluding hydrogens is 432 g/mol. The van der Waals surface area contributed by atoms with Crippen LogP contribution in [0.25, 0.3) is 11.0 Å². The van der Waals surface area contributed by atoms with E-state index < -0.39 is 17.6 Å². The molecule has 0 saturated heterocycles. The Hall–Kier alpha value is -3.26. The van der Waals surface area contributed by atoms with Crippen molar-refractivity contribution < 1.29 is 18.3 Å². The van der Waals surface area contributed by atoms with Crippen molar-refractivity contribution in [3.63, 3.8) is 0 Å². The molecule has 0 saturated carbocycles. The van der Waals surface area contributed by atoms with Crippen LogP contribution in [-0.4, -0.2) is 27.1 Å². The number of esters is 1. The summed E-state index contributed by atoms with van der Waals surface area (Å²) in [5.41, 5.74) is 3.00. The Morgan fingerprint density at radius 2 is 2.00 bits per heavy atom. The Morgan fingerprint density at radius 3 is 2.75 bits per heavy atom. The predicted octanol–water partition coefficient (Wildman–Crippen LogP) is 5.54. The predicted molar refractivity (Wildman–Crippen MR) is 120 cm³/mol. The van der Waals surface area contributed by atoms with E-state index in [-0.39, 0.29) is 17.9 Å². The minimum atomic E-state index is -0.586. The molecule has 4 rings (SSSR count). The van der Waals surface area contributed by atoms with Crippen molar-refractivity contribution in [1.29, 1.82) is 0 Å². The van der Waals surface area contributed by atoms with Crippen molar-refractivity contribution in [3.8, 4) is 0 Å². The Bertz CT molecular complexity index is 1280.